The Bertz CT molecular complexity index is 848. The minimum atomic E-state index is 0.903. The summed E-state index contributed by atoms with van der Waals surface area (Å²) in [5, 5.41) is 1.01. The zero-order chi connectivity index (χ0) is 16.9. The molecule has 1 heterocycles. The van der Waals surface area contributed by atoms with Gasteiger partial charge in [-0.3, -0.25) is 0 Å². The smallest absolute Gasteiger partial charge is 0.124 e. The van der Waals surface area contributed by atoms with Gasteiger partial charge in [0.1, 0.15) is 5.01 Å². The lowest BCUT2D eigenvalue weighted by Crippen LogP contribution is -1.85. The van der Waals surface area contributed by atoms with Gasteiger partial charge >= 0.3 is 0 Å². The predicted molar refractivity (Wildman–Crippen MR) is 107 cm³/mol. The fourth-order valence-electron chi connectivity index (χ4n) is 2.79. The van der Waals surface area contributed by atoms with Crippen LogP contribution in [-0.2, 0) is 6.42 Å². The second-order valence-corrected chi connectivity index (χ2v) is 6.74. The number of hydrogen-bond donors (Lipinski definition) is 0. The summed E-state index contributed by atoms with van der Waals surface area (Å²) in [6.45, 7) is 9.91. The number of aromatic nitrogens is 1. The molecular formula is C22H21NS. The molecule has 24 heavy (non-hydrogen) atoms. The van der Waals surface area contributed by atoms with Crippen LogP contribution in [0.4, 0.5) is 0 Å². The van der Waals surface area contributed by atoms with Gasteiger partial charge in [0.15, 0.2) is 0 Å². The third-order valence-corrected chi connectivity index (χ3v) is 5.08. The van der Waals surface area contributed by atoms with Crippen molar-refractivity contribution in [1.29, 1.82) is 0 Å². The Morgan fingerprint density at radius 1 is 0.958 bits per heavy atom. The molecule has 0 bridgehead atoms. The lowest BCUT2D eigenvalue weighted by atomic mass is 10.00. The van der Waals surface area contributed by atoms with Crippen molar-refractivity contribution in [2.24, 2.45) is 0 Å². The highest BCUT2D eigenvalue weighted by molar-refractivity contribution is 7.16. The third kappa shape index (κ3) is 3.39. The Balaban J connectivity index is 2.00. The normalized spacial score (nSPS) is 10.5. The number of nitrogens with zero attached hydrogens (tertiary/aromatic N) is 1. The third-order valence-electron chi connectivity index (χ3n) is 3.97. The topological polar surface area (TPSA) is 12.9 Å². The molecule has 0 aliphatic carbocycles. The Kier molecular flexibility index (Phi) is 5.07. The number of benzene rings is 2. The molecule has 0 saturated heterocycles. The molecule has 2 aromatic carbocycles. The van der Waals surface area contributed by atoms with Crippen molar-refractivity contribution in [3.05, 3.63) is 77.8 Å². The number of thiazole rings is 1. The molecule has 0 atom stereocenters. The van der Waals surface area contributed by atoms with E-state index in [2.05, 4.69) is 73.6 Å². The van der Waals surface area contributed by atoms with Crippen LogP contribution in [0.25, 0.3) is 33.9 Å². The number of aryl methyl sites for hydroxylation is 1. The average Bonchev–Trinajstić information content (AvgIpc) is 3.06. The zero-order valence-electron chi connectivity index (χ0n) is 14.0. The summed E-state index contributed by atoms with van der Waals surface area (Å²) >= 11 is 1.65. The fourth-order valence-corrected chi connectivity index (χ4v) is 3.70. The highest BCUT2D eigenvalue weighted by atomic mass is 32.1. The molecule has 0 unspecified atom stereocenters. The summed E-state index contributed by atoms with van der Waals surface area (Å²) < 4.78 is 0. The molecule has 0 N–H and O–H groups in total. The molecule has 3 aromatic rings. The van der Waals surface area contributed by atoms with Gasteiger partial charge in [0, 0.05) is 5.56 Å². The number of rotatable bonds is 6. The van der Waals surface area contributed by atoms with Crippen LogP contribution in [0, 0.1) is 0 Å². The summed E-state index contributed by atoms with van der Waals surface area (Å²) in [6.07, 6.45) is 5.91. The summed E-state index contributed by atoms with van der Waals surface area (Å²) in [6, 6.07) is 17.4. The van der Waals surface area contributed by atoms with Crippen LogP contribution in [0.5, 0.6) is 0 Å². The maximum absolute atomic E-state index is 4.68. The van der Waals surface area contributed by atoms with Gasteiger partial charge in [0.25, 0.3) is 0 Å². The molecule has 3 rings (SSSR count). The van der Waals surface area contributed by atoms with E-state index < -0.39 is 0 Å². The molecule has 0 spiro atoms. The van der Waals surface area contributed by atoms with Crippen molar-refractivity contribution < 1.29 is 0 Å². The van der Waals surface area contributed by atoms with Crippen molar-refractivity contribution >= 4 is 23.5 Å². The molecule has 1 aromatic heterocycles. The second kappa shape index (κ2) is 7.41. The highest BCUT2D eigenvalue weighted by Gasteiger charge is 2.09. The molecule has 0 amide bonds. The van der Waals surface area contributed by atoms with Gasteiger partial charge in [-0.15, -0.1) is 11.3 Å². The Morgan fingerprint density at radius 3 is 2.33 bits per heavy atom. The molecule has 0 radical (unpaired) electrons. The van der Waals surface area contributed by atoms with Crippen molar-refractivity contribution in [2.45, 2.75) is 19.8 Å². The molecule has 120 valence electrons. The highest BCUT2D eigenvalue weighted by Crippen LogP contribution is 2.32. The van der Waals surface area contributed by atoms with E-state index in [4.69, 9.17) is 0 Å². The van der Waals surface area contributed by atoms with Gasteiger partial charge in [-0.25, -0.2) is 4.98 Å². The molecule has 0 aliphatic heterocycles. The van der Waals surface area contributed by atoms with Gasteiger partial charge < -0.3 is 0 Å². The van der Waals surface area contributed by atoms with E-state index in [1.54, 1.807) is 17.4 Å². The Morgan fingerprint density at radius 2 is 1.67 bits per heavy atom. The van der Waals surface area contributed by atoms with Crippen LogP contribution in [0.1, 0.15) is 29.5 Å². The van der Waals surface area contributed by atoms with Crippen molar-refractivity contribution in [3.63, 3.8) is 0 Å². The quantitative estimate of drug-likeness (QED) is 0.489. The van der Waals surface area contributed by atoms with Gasteiger partial charge in [0.05, 0.1) is 10.6 Å². The van der Waals surface area contributed by atoms with E-state index in [0.29, 0.717) is 0 Å². The van der Waals surface area contributed by atoms with Gasteiger partial charge in [0.2, 0.25) is 0 Å². The van der Waals surface area contributed by atoms with Crippen molar-refractivity contribution in [3.8, 4) is 21.7 Å². The van der Waals surface area contributed by atoms with Gasteiger partial charge in [-0.2, -0.15) is 0 Å². The first-order chi connectivity index (χ1) is 11.7. The molecule has 1 nitrogen and oxygen atoms in total. The fraction of sp³-hybridized carbons (Fsp3) is 0.136. The Hall–Kier alpha value is -2.45. The average molecular weight is 331 g/mol. The zero-order valence-corrected chi connectivity index (χ0v) is 14.8. The summed E-state index contributed by atoms with van der Waals surface area (Å²) in [4.78, 5) is 5.75. The van der Waals surface area contributed by atoms with E-state index in [9.17, 15) is 0 Å². The summed E-state index contributed by atoms with van der Waals surface area (Å²) in [5.74, 6) is 0. The summed E-state index contributed by atoms with van der Waals surface area (Å²) in [5.41, 5.74) is 5.90. The van der Waals surface area contributed by atoms with Crippen LogP contribution in [0.15, 0.2) is 61.7 Å². The molecule has 0 saturated carbocycles. The monoisotopic (exact) mass is 331 g/mol. The van der Waals surface area contributed by atoms with Crippen LogP contribution in [-0.4, -0.2) is 4.98 Å². The largest absolute Gasteiger partial charge is 0.236 e. The number of hydrogen-bond acceptors (Lipinski definition) is 2. The van der Waals surface area contributed by atoms with E-state index in [1.807, 2.05) is 6.08 Å². The van der Waals surface area contributed by atoms with E-state index in [1.165, 1.54) is 16.7 Å². The van der Waals surface area contributed by atoms with Crippen LogP contribution >= 0.6 is 11.3 Å². The van der Waals surface area contributed by atoms with Crippen molar-refractivity contribution in [2.75, 3.05) is 0 Å². The molecular weight excluding hydrogens is 310 g/mol. The lowest BCUT2D eigenvalue weighted by Gasteiger charge is -2.06. The predicted octanol–water partition coefficient (Wildman–Crippen LogP) is 6.72. The van der Waals surface area contributed by atoms with Crippen LogP contribution in [0.2, 0.25) is 0 Å². The second-order valence-electron chi connectivity index (χ2n) is 5.71. The first-order valence-electron chi connectivity index (χ1n) is 8.20. The van der Waals surface area contributed by atoms with Crippen LogP contribution in [0.3, 0.4) is 0 Å². The molecule has 0 fully saturated rings. The first-order valence-corrected chi connectivity index (χ1v) is 9.02. The summed E-state index contributed by atoms with van der Waals surface area (Å²) in [7, 11) is 0. The lowest BCUT2D eigenvalue weighted by molar-refractivity contribution is 0.922. The molecule has 2 heteroatoms. The maximum atomic E-state index is 4.68. The van der Waals surface area contributed by atoms with Crippen molar-refractivity contribution in [1.82, 2.24) is 4.98 Å². The SMILES string of the molecule is C=Cc1nc(-c2cccc(-c3cccc(CCC)c3)c2)sc1C=C. The van der Waals surface area contributed by atoms with Crippen LogP contribution < -0.4 is 0 Å². The van der Waals surface area contributed by atoms with E-state index in [-0.39, 0.29) is 0 Å². The minimum Gasteiger partial charge on any atom is -0.236 e. The van der Waals surface area contributed by atoms with E-state index >= 15 is 0 Å². The Labute approximate surface area is 148 Å². The molecule has 0 aliphatic rings. The standard InChI is InChI=1S/C22H21NS/c1-4-9-16-10-7-11-17(14-16)18-12-8-13-19(15-18)22-23-20(5-2)21(6-3)24-22/h5-8,10-15H,2-4,9H2,1H3. The minimum absolute atomic E-state index is 0.903. The van der Waals surface area contributed by atoms with Gasteiger partial charge in [-0.1, -0.05) is 69.0 Å². The first kappa shape index (κ1) is 16.4. The maximum Gasteiger partial charge on any atom is 0.124 e. The van der Waals surface area contributed by atoms with Gasteiger partial charge in [-0.05, 0) is 41.3 Å². The van der Waals surface area contributed by atoms with E-state index in [0.717, 1.165) is 34.0 Å².